The van der Waals surface area contributed by atoms with Crippen LogP contribution in [0.5, 0.6) is 0 Å². The molecule has 0 radical (unpaired) electrons. The second kappa shape index (κ2) is 9.21. The van der Waals surface area contributed by atoms with E-state index in [1.807, 2.05) is 19.9 Å². The van der Waals surface area contributed by atoms with Gasteiger partial charge < -0.3 is 15.0 Å². The van der Waals surface area contributed by atoms with Gasteiger partial charge >= 0.3 is 12.0 Å². The molecule has 2 aromatic carbocycles. The lowest BCUT2D eigenvalue weighted by Crippen LogP contribution is -2.37. The molecule has 8 nitrogen and oxygen atoms in total. The van der Waals surface area contributed by atoms with Crippen molar-refractivity contribution in [2.24, 2.45) is 0 Å². The van der Waals surface area contributed by atoms with E-state index < -0.39 is 24.5 Å². The van der Waals surface area contributed by atoms with Gasteiger partial charge in [0.15, 0.2) is 6.61 Å². The first-order valence-corrected chi connectivity index (χ1v) is 9.60. The maximum atomic E-state index is 12.1. The van der Waals surface area contributed by atoms with Gasteiger partial charge in [0.2, 0.25) is 5.91 Å². The van der Waals surface area contributed by atoms with Crippen LogP contribution in [-0.4, -0.2) is 37.0 Å². The van der Waals surface area contributed by atoms with E-state index in [9.17, 15) is 19.2 Å². The number of amides is 4. The van der Waals surface area contributed by atoms with Gasteiger partial charge in [0.25, 0.3) is 5.91 Å². The van der Waals surface area contributed by atoms with Gasteiger partial charge in [0.1, 0.15) is 0 Å². The molecular weight excluding hydrogens is 386 g/mol. The molecule has 2 N–H and O–H groups in total. The molecule has 1 saturated heterocycles. The highest BCUT2D eigenvalue weighted by atomic mass is 16.5. The Morgan fingerprint density at radius 3 is 2.47 bits per heavy atom. The van der Waals surface area contributed by atoms with Crippen molar-refractivity contribution >= 4 is 35.2 Å². The number of benzene rings is 2. The highest BCUT2D eigenvalue weighted by Gasteiger charge is 2.22. The number of hydrogen-bond donors (Lipinski definition) is 2. The molecule has 30 heavy (non-hydrogen) atoms. The van der Waals surface area contributed by atoms with E-state index in [1.165, 1.54) is 12.1 Å². The Hall–Kier alpha value is -3.68. The Labute approximate surface area is 174 Å². The first-order chi connectivity index (χ1) is 14.3. The third-order valence-corrected chi connectivity index (χ3v) is 4.93. The lowest BCUT2D eigenvalue weighted by atomic mass is 10.1. The molecule has 0 aliphatic carbocycles. The SMILES string of the molecule is Cc1cccc(NC(=O)NC(=O)COC(=O)c2ccc(N3CCCC3=O)cc2)c1C. The molecule has 8 heteroatoms. The monoisotopic (exact) mass is 409 g/mol. The second-order valence-corrected chi connectivity index (χ2v) is 7.02. The summed E-state index contributed by atoms with van der Waals surface area (Å²) in [5, 5.41) is 4.72. The maximum Gasteiger partial charge on any atom is 0.338 e. The van der Waals surface area contributed by atoms with Crippen LogP contribution in [0.25, 0.3) is 0 Å². The molecule has 0 atom stereocenters. The van der Waals surface area contributed by atoms with E-state index in [2.05, 4.69) is 10.6 Å². The summed E-state index contributed by atoms with van der Waals surface area (Å²) in [4.78, 5) is 49.4. The van der Waals surface area contributed by atoms with Crippen molar-refractivity contribution in [3.05, 3.63) is 59.2 Å². The molecule has 1 heterocycles. The van der Waals surface area contributed by atoms with Crippen LogP contribution in [0.15, 0.2) is 42.5 Å². The minimum atomic E-state index is -0.745. The Morgan fingerprint density at radius 1 is 1.07 bits per heavy atom. The minimum absolute atomic E-state index is 0.0566. The lowest BCUT2D eigenvalue weighted by Gasteiger charge is -2.15. The van der Waals surface area contributed by atoms with Crippen LogP contribution in [0.4, 0.5) is 16.2 Å². The van der Waals surface area contributed by atoms with Gasteiger partial charge in [0, 0.05) is 24.3 Å². The molecule has 4 amide bonds. The Balaban J connectivity index is 1.48. The zero-order valence-corrected chi connectivity index (χ0v) is 16.9. The van der Waals surface area contributed by atoms with Gasteiger partial charge in [-0.15, -0.1) is 0 Å². The number of hydrogen-bond acceptors (Lipinski definition) is 5. The van der Waals surface area contributed by atoms with Crippen LogP contribution in [0, 0.1) is 13.8 Å². The second-order valence-electron chi connectivity index (χ2n) is 7.02. The number of imide groups is 1. The largest absolute Gasteiger partial charge is 0.452 e. The normalized spacial score (nSPS) is 13.1. The summed E-state index contributed by atoms with van der Waals surface area (Å²) in [6.07, 6.45) is 1.34. The van der Waals surface area contributed by atoms with Crippen molar-refractivity contribution in [1.82, 2.24) is 5.32 Å². The van der Waals surface area contributed by atoms with E-state index in [0.717, 1.165) is 23.2 Å². The Kier molecular flexibility index (Phi) is 6.46. The number of rotatable bonds is 5. The van der Waals surface area contributed by atoms with Crippen molar-refractivity contribution < 1.29 is 23.9 Å². The smallest absolute Gasteiger partial charge is 0.338 e. The average molecular weight is 409 g/mol. The fourth-order valence-corrected chi connectivity index (χ4v) is 3.12. The van der Waals surface area contributed by atoms with Crippen LogP contribution in [-0.2, 0) is 14.3 Å². The lowest BCUT2D eigenvalue weighted by molar-refractivity contribution is -0.123. The van der Waals surface area contributed by atoms with Gasteiger partial charge in [-0.25, -0.2) is 9.59 Å². The molecule has 0 saturated carbocycles. The predicted molar refractivity (Wildman–Crippen MR) is 111 cm³/mol. The summed E-state index contributed by atoms with van der Waals surface area (Å²) in [6, 6.07) is 11.1. The molecule has 1 aliphatic rings. The summed E-state index contributed by atoms with van der Waals surface area (Å²) in [7, 11) is 0. The van der Waals surface area contributed by atoms with Gasteiger partial charge in [-0.3, -0.25) is 14.9 Å². The standard InChI is InChI=1S/C22H23N3O5/c1-14-5-3-6-18(15(14)2)23-22(29)24-19(26)13-30-21(28)16-8-10-17(11-9-16)25-12-4-7-20(25)27/h3,5-6,8-11H,4,7,12-13H2,1-2H3,(H2,23,24,26,29). The van der Waals surface area contributed by atoms with E-state index in [0.29, 0.717) is 18.7 Å². The number of ether oxygens (including phenoxy) is 1. The average Bonchev–Trinajstić information content (AvgIpc) is 3.15. The van der Waals surface area contributed by atoms with Crippen LogP contribution in [0.2, 0.25) is 0 Å². The summed E-state index contributed by atoms with van der Waals surface area (Å²) < 4.78 is 4.96. The molecule has 2 aromatic rings. The van der Waals surface area contributed by atoms with Crippen molar-refractivity contribution in [2.45, 2.75) is 26.7 Å². The maximum absolute atomic E-state index is 12.1. The van der Waals surface area contributed by atoms with Gasteiger partial charge in [-0.2, -0.15) is 0 Å². The number of nitrogens with zero attached hydrogens (tertiary/aromatic N) is 1. The van der Waals surface area contributed by atoms with Gasteiger partial charge in [-0.05, 0) is 61.7 Å². The van der Waals surface area contributed by atoms with E-state index in [-0.39, 0.29) is 11.5 Å². The molecule has 0 bridgehead atoms. The van der Waals surface area contributed by atoms with Crippen LogP contribution in [0.1, 0.15) is 34.3 Å². The molecular formula is C22H23N3O5. The number of urea groups is 1. The minimum Gasteiger partial charge on any atom is -0.452 e. The molecule has 156 valence electrons. The van der Waals surface area contributed by atoms with Crippen molar-refractivity contribution in [3.63, 3.8) is 0 Å². The quantitative estimate of drug-likeness (QED) is 0.739. The molecule has 1 aliphatic heterocycles. The molecule has 1 fully saturated rings. The third kappa shape index (κ3) is 5.02. The topological polar surface area (TPSA) is 105 Å². The van der Waals surface area contributed by atoms with Gasteiger partial charge in [-0.1, -0.05) is 12.1 Å². The highest BCUT2D eigenvalue weighted by Crippen LogP contribution is 2.22. The first-order valence-electron chi connectivity index (χ1n) is 9.60. The van der Waals surface area contributed by atoms with Crippen LogP contribution >= 0.6 is 0 Å². The number of anilines is 2. The zero-order chi connectivity index (χ0) is 21.7. The number of aryl methyl sites for hydroxylation is 1. The van der Waals surface area contributed by atoms with E-state index >= 15 is 0 Å². The Bertz CT molecular complexity index is 985. The number of esters is 1. The summed E-state index contributed by atoms with van der Waals surface area (Å²) >= 11 is 0. The number of nitrogens with one attached hydrogen (secondary N) is 2. The van der Waals surface area contributed by atoms with Gasteiger partial charge in [0.05, 0.1) is 5.56 Å². The highest BCUT2D eigenvalue weighted by molar-refractivity contribution is 6.02. The number of carbonyl (C=O) groups is 4. The van der Waals surface area contributed by atoms with Crippen molar-refractivity contribution in [3.8, 4) is 0 Å². The fourth-order valence-electron chi connectivity index (χ4n) is 3.12. The molecule has 0 spiro atoms. The predicted octanol–water partition coefficient (Wildman–Crippen LogP) is 2.94. The summed E-state index contributed by atoms with van der Waals surface area (Å²) in [5.41, 5.74) is 3.46. The van der Waals surface area contributed by atoms with Crippen molar-refractivity contribution in [2.75, 3.05) is 23.4 Å². The Morgan fingerprint density at radius 2 is 1.80 bits per heavy atom. The van der Waals surface area contributed by atoms with Crippen LogP contribution in [0.3, 0.4) is 0 Å². The summed E-state index contributed by atoms with van der Waals surface area (Å²) in [6.45, 7) is 3.84. The molecule has 0 unspecified atom stereocenters. The molecule has 0 aromatic heterocycles. The van der Waals surface area contributed by atoms with E-state index in [4.69, 9.17) is 4.74 Å². The number of carbonyl (C=O) groups excluding carboxylic acids is 4. The zero-order valence-electron chi connectivity index (χ0n) is 16.9. The van der Waals surface area contributed by atoms with E-state index in [1.54, 1.807) is 29.2 Å². The molecule has 3 rings (SSSR count). The first kappa shape index (κ1) is 21.0. The van der Waals surface area contributed by atoms with Crippen LogP contribution < -0.4 is 15.5 Å². The third-order valence-electron chi connectivity index (χ3n) is 4.93. The fraction of sp³-hybridized carbons (Fsp3) is 0.273. The van der Waals surface area contributed by atoms with Crippen molar-refractivity contribution in [1.29, 1.82) is 0 Å². The summed E-state index contributed by atoms with van der Waals surface area (Å²) in [5.74, 6) is -1.38.